The number of phenolic OH excluding ortho intramolecular Hbond substituents is 2. The molecular weight excluding hydrogens is 672 g/mol. The Labute approximate surface area is 286 Å². The van der Waals surface area contributed by atoms with Crippen molar-refractivity contribution >= 4 is 43.5 Å². The van der Waals surface area contributed by atoms with Gasteiger partial charge in [-0.05, 0) is 27.7 Å². The molecule has 7 N–H and O–H groups in total. The van der Waals surface area contributed by atoms with Crippen molar-refractivity contribution in [2.24, 2.45) is 0 Å². The first-order valence-corrected chi connectivity index (χ1v) is 16.7. The molecule has 15 heteroatoms. The average Bonchev–Trinajstić information content (AvgIpc) is 3.19. The Balaban J connectivity index is 1.48. The maximum absolute atomic E-state index is 13.9. The number of hydrogen-bond donors (Lipinski definition) is 7. The van der Waals surface area contributed by atoms with Gasteiger partial charge in [-0.3, -0.25) is 9.59 Å². The first-order chi connectivity index (χ1) is 24.2. The van der Waals surface area contributed by atoms with Crippen LogP contribution in [0.15, 0.2) is 26.1 Å². The lowest BCUT2D eigenvalue weighted by Crippen LogP contribution is -2.60. The minimum atomic E-state index is -2.34. The summed E-state index contributed by atoms with van der Waals surface area (Å²) in [7, 11) is 0. The fourth-order valence-electron chi connectivity index (χ4n) is 8.66. The molecule has 1 saturated heterocycles. The fourth-order valence-corrected chi connectivity index (χ4v) is 8.66. The molecule has 0 amide bonds. The third-order valence-corrected chi connectivity index (χ3v) is 10.9. The topological polar surface area (TPSA) is 235 Å². The van der Waals surface area contributed by atoms with Crippen LogP contribution in [0.25, 0.3) is 43.5 Å². The number of ether oxygens (including phenoxy) is 5. The molecule has 0 spiro atoms. The van der Waals surface area contributed by atoms with Gasteiger partial charge in [0.15, 0.2) is 11.0 Å². The molecule has 4 aliphatic heterocycles. The van der Waals surface area contributed by atoms with E-state index in [1.165, 1.54) is 0 Å². The highest BCUT2D eigenvalue weighted by molar-refractivity contribution is 6.30. The number of rotatable bonds is 3. The van der Waals surface area contributed by atoms with Crippen LogP contribution < -0.4 is 20.3 Å². The highest BCUT2D eigenvalue weighted by atomic mass is 16.7. The van der Waals surface area contributed by atoms with Crippen molar-refractivity contribution in [3.05, 3.63) is 54.8 Å². The molecule has 1 fully saturated rings. The zero-order valence-corrected chi connectivity index (χ0v) is 27.7. The molecule has 5 aromatic rings. The van der Waals surface area contributed by atoms with E-state index >= 15 is 0 Å². The van der Waals surface area contributed by atoms with Crippen molar-refractivity contribution < 1.29 is 63.8 Å². The molecule has 268 valence electrons. The molecule has 0 aliphatic carbocycles. The van der Waals surface area contributed by atoms with Gasteiger partial charge in [-0.2, -0.15) is 0 Å². The number of benzene rings is 4. The van der Waals surface area contributed by atoms with Crippen LogP contribution >= 0.6 is 0 Å². The summed E-state index contributed by atoms with van der Waals surface area (Å²) in [6.07, 6.45) is -11.2. The van der Waals surface area contributed by atoms with Gasteiger partial charge in [-0.1, -0.05) is 0 Å². The van der Waals surface area contributed by atoms with E-state index in [0.29, 0.717) is 11.1 Å². The third kappa shape index (κ3) is 4.05. The molecule has 10 unspecified atom stereocenters. The van der Waals surface area contributed by atoms with Crippen molar-refractivity contribution in [3.8, 4) is 23.0 Å². The van der Waals surface area contributed by atoms with Crippen LogP contribution in [0.3, 0.4) is 0 Å². The van der Waals surface area contributed by atoms with Gasteiger partial charge in [0.25, 0.3) is 5.79 Å². The SMILES string of the molecule is CC1Cc2c(c(O)c3c(=O)cc4oc5c(=O)cc(OC6OC(CO)C(O)C(O)C6O)c6c(O)c7c8c(c65)c4c3c2OC8(O)C(C)OC7C)C(C)O1. The van der Waals surface area contributed by atoms with E-state index < -0.39 is 78.0 Å². The number of aliphatic hydroxyl groups is 5. The zero-order valence-electron chi connectivity index (χ0n) is 27.7. The minimum Gasteiger partial charge on any atom is -0.507 e. The van der Waals surface area contributed by atoms with Gasteiger partial charge < -0.3 is 63.8 Å². The van der Waals surface area contributed by atoms with Crippen LogP contribution in [0.4, 0.5) is 0 Å². The van der Waals surface area contributed by atoms with Crippen LogP contribution in [-0.4, -0.2) is 85.3 Å². The van der Waals surface area contributed by atoms with Gasteiger partial charge in [-0.15, -0.1) is 0 Å². The van der Waals surface area contributed by atoms with E-state index in [1.54, 1.807) is 20.8 Å². The molecule has 1 aromatic heterocycles. The second kappa shape index (κ2) is 10.6. The van der Waals surface area contributed by atoms with E-state index in [2.05, 4.69) is 0 Å². The molecule has 51 heavy (non-hydrogen) atoms. The molecular formula is C36H34O15. The number of aliphatic hydroxyl groups excluding tert-OH is 4. The molecule has 4 aromatic carbocycles. The average molecular weight is 707 g/mol. The van der Waals surface area contributed by atoms with Crippen molar-refractivity contribution in [2.45, 2.75) is 95.0 Å². The Bertz CT molecular complexity index is 2460. The maximum Gasteiger partial charge on any atom is 0.262 e. The van der Waals surface area contributed by atoms with E-state index in [-0.39, 0.29) is 84.4 Å². The molecule has 0 bridgehead atoms. The van der Waals surface area contributed by atoms with Gasteiger partial charge in [0, 0.05) is 62.4 Å². The minimum absolute atomic E-state index is 0.0377. The highest BCUT2D eigenvalue weighted by Crippen LogP contribution is 2.59. The smallest absolute Gasteiger partial charge is 0.262 e. The third-order valence-electron chi connectivity index (χ3n) is 10.9. The second-order valence-electron chi connectivity index (χ2n) is 14.0. The van der Waals surface area contributed by atoms with E-state index in [0.717, 1.165) is 12.1 Å². The normalized spacial score (nSPS) is 32.9. The molecule has 5 heterocycles. The Morgan fingerprint density at radius 3 is 2.24 bits per heavy atom. The lowest BCUT2D eigenvalue weighted by atomic mass is 9.81. The Hall–Kier alpha value is -4.32. The summed E-state index contributed by atoms with van der Waals surface area (Å²) in [5.74, 6) is -3.42. The summed E-state index contributed by atoms with van der Waals surface area (Å²) in [6, 6.07) is 2.11. The molecule has 4 aliphatic rings. The zero-order chi connectivity index (χ0) is 36.2. The first-order valence-electron chi connectivity index (χ1n) is 16.7. The number of phenols is 2. The van der Waals surface area contributed by atoms with Crippen molar-refractivity contribution in [1.82, 2.24) is 0 Å². The predicted octanol–water partition coefficient (Wildman–Crippen LogP) is 1.68. The second-order valence-corrected chi connectivity index (χ2v) is 14.0. The summed E-state index contributed by atoms with van der Waals surface area (Å²) >= 11 is 0. The summed E-state index contributed by atoms with van der Waals surface area (Å²) in [6.45, 7) is 6.06. The van der Waals surface area contributed by atoms with Crippen molar-refractivity contribution in [1.29, 1.82) is 0 Å². The Kier molecular flexibility index (Phi) is 6.78. The Morgan fingerprint density at radius 1 is 0.804 bits per heavy atom. The molecule has 15 nitrogen and oxygen atoms in total. The maximum atomic E-state index is 13.9. The van der Waals surface area contributed by atoms with E-state index in [4.69, 9.17) is 28.1 Å². The predicted molar refractivity (Wildman–Crippen MR) is 176 cm³/mol. The molecule has 10 atom stereocenters. The molecule has 0 radical (unpaired) electrons. The largest absolute Gasteiger partial charge is 0.507 e. The monoisotopic (exact) mass is 706 g/mol. The number of hydrogen-bond acceptors (Lipinski definition) is 15. The standard InChI is InChI=1S/C36H34O15/c1-9-5-13-19(10(2)46-9)29(41)21-14(38)6-16-22-24-26-23(30(42)20-11(3)47-12(4)36(45,27(20)24)51-33(13)25(21)22)17(7-15(39)34(26)48-16)49-35-32(44)31(43)28(40)18(8-37)50-35/h6-7,9-12,18,28,31-32,35,37,40-45H,5,8H2,1-4H3. The van der Waals surface area contributed by atoms with Crippen LogP contribution in [0, 0.1) is 0 Å². The number of fused-ring (bicyclic) bond motifs is 2. The first kappa shape index (κ1) is 32.6. The van der Waals surface area contributed by atoms with Crippen molar-refractivity contribution in [3.63, 3.8) is 0 Å². The van der Waals surface area contributed by atoms with Crippen LogP contribution in [0.1, 0.15) is 62.2 Å². The highest BCUT2D eigenvalue weighted by Gasteiger charge is 2.53. The van der Waals surface area contributed by atoms with Crippen LogP contribution in [0.5, 0.6) is 23.0 Å². The lowest BCUT2D eigenvalue weighted by molar-refractivity contribution is -0.277. The van der Waals surface area contributed by atoms with Gasteiger partial charge >= 0.3 is 0 Å². The van der Waals surface area contributed by atoms with Gasteiger partial charge in [0.2, 0.25) is 11.7 Å². The van der Waals surface area contributed by atoms with Crippen molar-refractivity contribution in [2.75, 3.05) is 6.61 Å². The lowest BCUT2D eigenvalue weighted by Gasteiger charge is -2.43. The van der Waals surface area contributed by atoms with Crippen LogP contribution in [0.2, 0.25) is 0 Å². The van der Waals surface area contributed by atoms with Gasteiger partial charge in [-0.25, -0.2) is 0 Å². The van der Waals surface area contributed by atoms with E-state index in [9.17, 15) is 45.3 Å². The van der Waals surface area contributed by atoms with E-state index in [1.807, 2.05) is 6.92 Å². The van der Waals surface area contributed by atoms with Gasteiger partial charge in [0.1, 0.15) is 59.1 Å². The summed E-state index contributed by atoms with van der Waals surface area (Å²) < 4.78 is 36.6. The summed E-state index contributed by atoms with van der Waals surface area (Å²) in [5.41, 5.74) is -0.885. The Morgan fingerprint density at radius 2 is 1.51 bits per heavy atom. The van der Waals surface area contributed by atoms with Gasteiger partial charge in [0.05, 0.1) is 35.7 Å². The fraction of sp³-hybridized carbons (Fsp3) is 0.444. The summed E-state index contributed by atoms with van der Waals surface area (Å²) in [5, 5.41) is 78.2. The molecule has 0 saturated carbocycles. The summed E-state index contributed by atoms with van der Waals surface area (Å²) in [4.78, 5) is 27.8. The van der Waals surface area contributed by atoms with Crippen LogP contribution in [-0.2, 0) is 26.4 Å². The quantitative estimate of drug-likeness (QED) is 0.104. The molecule has 9 rings (SSSR count). The number of aromatic hydroxyl groups is 2.